The largest absolute Gasteiger partial charge is 0.504 e. The minimum absolute atomic E-state index is 0.0155. The molecule has 2 N–H and O–H groups in total. The Hall–Kier alpha value is -5.36. The van der Waals surface area contributed by atoms with Crippen LogP contribution in [0.25, 0.3) is 0 Å². The number of aryl methyl sites for hydroxylation is 2. The van der Waals surface area contributed by atoms with Crippen LogP contribution in [0.3, 0.4) is 0 Å². The number of rotatable bonds is 10. The van der Waals surface area contributed by atoms with E-state index in [0.29, 0.717) is 47.2 Å². The first kappa shape index (κ1) is 28.2. The summed E-state index contributed by atoms with van der Waals surface area (Å²) in [6, 6.07) is 34.1. The van der Waals surface area contributed by atoms with Gasteiger partial charge in [0.05, 0.1) is 11.4 Å². The van der Waals surface area contributed by atoms with Gasteiger partial charge in [0.15, 0.2) is 23.0 Å². The monoisotopic (exact) mass is 556 g/mol. The van der Waals surface area contributed by atoms with Gasteiger partial charge in [0.25, 0.3) is 0 Å². The predicted molar refractivity (Wildman–Crippen MR) is 168 cm³/mol. The third kappa shape index (κ3) is 7.23. The standard InChI is InChI=1S/C36H32N2O4/c1-25-13-17-27(18-14-25)23-41-33-11-5-7-29(35(33)39)21-37-31-9-3-4-10-32(31)38-22-30-8-6-12-34(36(30)40)42-24-28-19-15-26(2)16-20-28/h3-22,39-40H,23-24H2,1-2H3. The number of phenols is 2. The minimum Gasteiger partial charge on any atom is -0.504 e. The lowest BCUT2D eigenvalue weighted by atomic mass is 10.1. The average molecular weight is 557 g/mol. The lowest BCUT2D eigenvalue weighted by Crippen LogP contribution is -1.97. The van der Waals surface area contributed by atoms with Crippen molar-refractivity contribution in [2.24, 2.45) is 9.98 Å². The van der Waals surface area contributed by atoms with E-state index in [9.17, 15) is 10.2 Å². The summed E-state index contributed by atoms with van der Waals surface area (Å²) in [6.45, 7) is 4.76. The first-order valence-corrected chi connectivity index (χ1v) is 13.6. The number of ether oxygens (including phenoxy) is 2. The van der Waals surface area contributed by atoms with Crippen molar-refractivity contribution in [1.82, 2.24) is 0 Å². The fraction of sp³-hybridized carbons (Fsp3) is 0.111. The lowest BCUT2D eigenvalue weighted by Gasteiger charge is -2.10. The topological polar surface area (TPSA) is 83.6 Å². The van der Waals surface area contributed by atoms with Crippen LogP contribution < -0.4 is 9.47 Å². The van der Waals surface area contributed by atoms with Gasteiger partial charge >= 0.3 is 0 Å². The Balaban J connectivity index is 1.29. The molecule has 42 heavy (non-hydrogen) atoms. The molecule has 0 aliphatic carbocycles. The summed E-state index contributed by atoms with van der Waals surface area (Å²) < 4.78 is 11.7. The number of phenolic OH excluding ortho intramolecular Hbond substituents is 2. The van der Waals surface area contributed by atoms with Crippen LogP contribution in [-0.2, 0) is 13.2 Å². The second kappa shape index (κ2) is 13.3. The van der Waals surface area contributed by atoms with Gasteiger partial charge in [0, 0.05) is 23.6 Å². The molecular formula is C36H32N2O4. The van der Waals surface area contributed by atoms with Crippen molar-refractivity contribution in [3.63, 3.8) is 0 Å². The molecular weight excluding hydrogens is 524 g/mol. The molecule has 0 amide bonds. The van der Waals surface area contributed by atoms with E-state index in [4.69, 9.17) is 9.47 Å². The SMILES string of the molecule is Cc1ccc(COc2cccc(C=Nc3ccccc3N=Cc3cccc(OCc4ccc(C)cc4)c3O)c2O)cc1. The summed E-state index contributed by atoms with van der Waals surface area (Å²) >= 11 is 0. The van der Waals surface area contributed by atoms with Crippen molar-refractivity contribution >= 4 is 23.8 Å². The molecule has 0 aliphatic heterocycles. The molecule has 0 aliphatic rings. The molecule has 0 spiro atoms. The number of hydrogen-bond donors (Lipinski definition) is 2. The van der Waals surface area contributed by atoms with Gasteiger partial charge in [-0.2, -0.15) is 0 Å². The van der Waals surface area contributed by atoms with Crippen LogP contribution in [0.15, 0.2) is 119 Å². The molecule has 6 nitrogen and oxygen atoms in total. The van der Waals surface area contributed by atoms with Crippen LogP contribution >= 0.6 is 0 Å². The Morgan fingerprint density at radius 2 is 0.929 bits per heavy atom. The zero-order chi connectivity index (χ0) is 29.3. The highest BCUT2D eigenvalue weighted by molar-refractivity contribution is 5.90. The maximum absolute atomic E-state index is 10.8. The number of benzene rings is 5. The molecule has 210 valence electrons. The summed E-state index contributed by atoms with van der Waals surface area (Å²) in [7, 11) is 0. The summed E-state index contributed by atoms with van der Waals surface area (Å²) in [4.78, 5) is 9.17. The molecule has 0 radical (unpaired) electrons. The molecule has 5 rings (SSSR count). The number of aliphatic imine (C=N–C) groups is 2. The van der Waals surface area contributed by atoms with E-state index in [1.807, 2.05) is 98.8 Å². The van der Waals surface area contributed by atoms with E-state index in [-0.39, 0.29) is 11.5 Å². The van der Waals surface area contributed by atoms with Crippen molar-refractivity contribution in [1.29, 1.82) is 0 Å². The van der Waals surface area contributed by atoms with E-state index < -0.39 is 0 Å². The van der Waals surface area contributed by atoms with Gasteiger partial charge in [-0.3, -0.25) is 9.98 Å². The Labute approximate surface area is 245 Å². The maximum atomic E-state index is 10.8. The number of aromatic hydroxyl groups is 2. The number of para-hydroxylation sites is 4. The summed E-state index contributed by atoms with van der Waals surface area (Å²) in [5.41, 5.74) is 6.63. The van der Waals surface area contributed by atoms with Crippen molar-refractivity contribution < 1.29 is 19.7 Å². The van der Waals surface area contributed by atoms with Gasteiger partial charge in [0.1, 0.15) is 13.2 Å². The molecule has 0 atom stereocenters. The minimum atomic E-state index is 0.0155. The van der Waals surface area contributed by atoms with Gasteiger partial charge in [-0.25, -0.2) is 0 Å². The van der Waals surface area contributed by atoms with Crippen LogP contribution in [0.5, 0.6) is 23.0 Å². The average Bonchev–Trinajstić information content (AvgIpc) is 3.01. The Morgan fingerprint density at radius 3 is 1.33 bits per heavy atom. The van der Waals surface area contributed by atoms with Gasteiger partial charge < -0.3 is 19.7 Å². The predicted octanol–water partition coefficient (Wildman–Crippen LogP) is 8.37. The van der Waals surface area contributed by atoms with Gasteiger partial charge in [-0.15, -0.1) is 0 Å². The molecule has 0 unspecified atom stereocenters. The van der Waals surface area contributed by atoms with Crippen molar-refractivity contribution in [3.05, 3.63) is 143 Å². The fourth-order valence-corrected chi connectivity index (χ4v) is 4.17. The second-order valence-corrected chi connectivity index (χ2v) is 9.94. The number of nitrogens with zero attached hydrogens (tertiary/aromatic N) is 2. The van der Waals surface area contributed by atoms with Crippen LogP contribution in [0, 0.1) is 13.8 Å². The summed E-state index contributed by atoms with van der Waals surface area (Å²) in [5.74, 6) is 0.792. The Kier molecular flexibility index (Phi) is 8.94. The molecule has 0 fully saturated rings. The third-order valence-electron chi connectivity index (χ3n) is 6.66. The maximum Gasteiger partial charge on any atom is 0.166 e. The van der Waals surface area contributed by atoms with E-state index in [1.54, 1.807) is 36.7 Å². The molecule has 5 aromatic carbocycles. The van der Waals surface area contributed by atoms with E-state index in [0.717, 1.165) is 11.1 Å². The highest BCUT2D eigenvalue weighted by Crippen LogP contribution is 2.33. The Morgan fingerprint density at radius 1 is 0.524 bits per heavy atom. The zero-order valence-electron chi connectivity index (χ0n) is 23.6. The van der Waals surface area contributed by atoms with Crippen molar-refractivity contribution in [2.75, 3.05) is 0 Å². The first-order chi connectivity index (χ1) is 20.5. The number of hydrogen-bond acceptors (Lipinski definition) is 6. The lowest BCUT2D eigenvalue weighted by molar-refractivity contribution is 0.289. The van der Waals surface area contributed by atoms with Crippen molar-refractivity contribution in [2.45, 2.75) is 27.1 Å². The van der Waals surface area contributed by atoms with Crippen LogP contribution in [-0.4, -0.2) is 22.6 Å². The highest BCUT2D eigenvalue weighted by Gasteiger charge is 2.09. The van der Waals surface area contributed by atoms with Gasteiger partial charge in [0.2, 0.25) is 0 Å². The fourth-order valence-electron chi connectivity index (χ4n) is 4.17. The molecule has 0 heterocycles. The molecule has 5 aromatic rings. The Bertz CT molecular complexity index is 1580. The molecule has 0 aromatic heterocycles. The first-order valence-electron chi connectivity index (χ1n) is 13.6. The van der Waals surface area contributed by atoms with Gasteiger partial charge in [-0.1, -0.05) is 83.9 Å². The van der Waals surface area contributed by atoms with Crippen LogP contribution in [0.4, 0.5) is 11.4 Å². The highest BCUT2D eigenvalue weighted by atomic mass is 16.5. The van der Waals surface area contributed by atoms with E-state index >= 15 is 0 Å². The van der Waals surface area contributed by atoms with Gasteiger partial charge in [-0.05, 0) is 61.4 Å². The van der Waals surface area contributed by atoms with E-state index in [2.05, 4.69) is 9.98 Å². The summed E-state index contributed by atoms with van der Waals surface area (Å²) in [5, 5.41) is 21.6. The molecule has 6 heteroatoms. The third-order valence-corrected chi connectivity index (χ3v) is 6.66. The molecule has 0 bridgehead atoms. The zero-order valence-corrected chi connectivity index (χ0v) is 23.6. The smallest absolute Gasteiger partial charge is 0.166 e. The van der Waals surface area contributed by atoms with Crippen molar-refractivity contribution in [3.8, 4) is 23.0 Å². The normalized spacial score (nSPS) is 11.3. The quantitative estimate of drug-likeness (QED) is 0.169. The van der Waals surface area contributed by atoms with Crippen LogP contribution in [0.1, 0.15) is 33.4 Å². The van der Waals surface area contributed by atoms with E-state index in [1.165, 1.54) is 11.1 Å². The molecule has 0 saturated carbocycles. The van der Waals surface area contributed by atoms with Crippen LogP contribution in [0.2, 0.25) is 0 Å². The molecule has 0 saturated heterocycles. The second-order valence-electron chi connectivity index (χ2n) is 9.94. The summed E-state index contributed by atoms with van der Waals surface area (Å²) in [6.07, 6.45) is 3.17.